The fraction of sp³-hybridized carbons (Fsp3) is 0.333. The van der Waals surface area contributed by atoms with Crippen molar-refractivity contribution in [2.24, 2.45) is 0 Å². The molecule has 2 aromatic carbocycles. The lowest BCUT2D eigenvalue weighted by Crippen LogP contribution is -2.49. The van der Waals surface area contributed by atoms with Crippen molar-refractivity contribution in [2.45, 2.75) is 32.6 Å². The largest absolute Gasteiger partial charge is 0.352 e. The summed E-state index contributed by atoms with van der Waals surface area (Å²) >= 11 is 0. The minimum Gasteiger partial charge on any atom is -0.352 e. The molecule has 1 fully saturated rings. The standard InChI is InChI=1S/C24H28N4O2S/c1-17-5-6-19(3)23(15-17)31(29,30)28-13-11-27(12-14-28)24-10-9-22(25-26-24)21-8-7-18(2)20(4)16-21/h5-10,15-16H,11-14H2,1-4H3. The number of nitrogens with zero attached hydrogens (tertiary/aromatic N) is 4. The Morgan fingerprint density at radius 2 is 1.45 bits per heavy atom. The van der Waals surface area contributed by atoms with Gasteiger partial charge in [-0.3, -0.25) is 0 Å². The molecule has 2 heterocycles. The van der Waals surface area contributed by atoms with Crippen LogP contribution in [0, 0.1) is 27.7 Å². The first-order valence-electron chi connectivity index (χ1n) is 10.5. The van der Waals surface area contributed by atoms with E-state index < -0.39 is 10.0 Å². The summed E-state index contributed by atoms with van der Waals surface area (Å²) in [4.78, 5) is 2.49. The fourth-order valence-corrected chi connectivity index (χ4v) is 5.56. The topological polar surface area (TPSA) is 66.4 Å². The molecule has 1 aliphatic rings. The van der Waals surface area contributed by atoms with Crippen molar-refractivity contribution >= 4 is 15.8 Å². The number of rotatable bonds is 4. The van der Waals surface area contributed by atoms with Crippen LogP contribution in [-0.2, 0) is 10.0 Å². The highest BCUT2D eigenvalue weighted by atomic mass is 32.2. The Morgan fingerprint density at radius 1 is 0.742 bits per heavy atom. The van der Waals surface area contributed by atoms with E-state index in [1.165, 1.54) is 11.1 Å². The Kier molecular flexibility index (Phi) is 5.81. The Morgan fingerprint density at radius 3 is 2.10 bits per heavy atom. The molecular formula is C24H28N4O2S. The molecule has 1 saturated heterocycles. The summed E-state index contributed by atoms with van der Waals surface area (Å²) in [6.07, 6.45) is 0. The van der Waals surface area contributed by atoms with Crippen LogP contribution in [0.15, 0.2) is 53.4 Å². The minimum atomic E-state index is -3.50. The number of benzene rings is 2. The molecule has 0 aliphatic carbocycles. The predicted octanol–water partition coefficient (Wildman–Crippen LogP) is 3.89. The highest BCUT2D eigenvalue weighted by molar-refractivity contribution is 7.89. The summed E-state index contributed by atoms with van der Waals surface area (Å²) < 4.78 is 27.8. The van der Waals surface area contributed by atoms with Crippen LogP contribution < -0.4 is 4.90 Å². The zero-order valence-corrected chi connectivity index (χ0v) is 19.3. The van der Waals surface area contributed by atoms with E-state index in [0.29, 0.717) is 31.1 Å². The summed E-state index contributed by atoms with van der Waals surface area (Å²) in [5.41, 5.74) is 6.09. The SMILES string of the molecule is Cc1ccc(C)c(S(=O)(=O)N2CCN(c3ccc(-c4ccc(C)c(C)c4)nn3)CC2)c1. The van der Waals surface area contributed by atoms with Crippen LogP contribution in [0.4, 0.5) is 5.82 Å². The number of anilines is 1. The normalized spacial score (nSPS) is 15.3. The van der Waals surface area contributed by atoms with Gasteiger partial charge in [-0.2, -0.15) is 4.31 Å². The van der Waals surface area contributed by atoms with Crippen molar-refractivity contribution < 1.29 is 8.42 Å². The van der Waals surface area contributed by atoms with Gasteiger partial charge >= 0.3 is 0 Å². The van der Waals surface area contributed by atoms with Gasteiger partial charge in [0.25, 0.3) is 0 Å². The molecule has 6 nitrogen and oxygen atoms in total. The smallest absolute Gasteiger partial charge is 0.243 e. The Labute approximate surface area is 184 Å². The van der Waals surface area contributed by atoms with Crippen molar-refractivity contribution in [3.63, 3.8) is 0 Å². The van der Waals surface area contributed by atoms with E-state index in [9.17, 15) is 8.42 Å². The molecule has 0 unspecified atom stereocenters. The first-order valence-corrected chi connectivity index (χ1v) is 11.9. The molecule has 3 aromatic rings. The first kappa shape index (κ1) is 21.5. The summed E-state index contributed by atoms with van der Waals surface area (Å²) in [6.45, 7) is 9.96. The highest BCUT2D eigenvalue weighted by Crippen LogP contribution is 2.25. The monoisotopic (exact) mass is 436 g/mol. The Bertz CT molecular complexity index is 1200. The van der Waals surface area contributed by atoms with Crippen molar-refractivity contribution in [3.05, 3.63) is 70.8 Å². The minimum absolute atomic E-state index is 0.401. The quantitative estimate of drug-likeness (QED) is 0.621. The average Bonchev–Trinajstić information content (AvgIpc) is 2.77. The molecule has 7 heteroatoms. The summed E-state index contributed by atoms with van der Waals surface area (Å²) in [5, 5.41) is 8.82. The number of hydrogen-bond donors (Lipinski definition) is 0. The lowest BCUT2D eigenvalue weighted by Gasteiger charge is -2.34. The Balaban J connectivity index is 1.46. The molecular weight excluding hydrogens is 408 g/mol. The molecule has 0 radical (unpaired) electrons. The van der Waals surface area contributed by atoms with Gasteiger partial charge in [0.2, 0.25) is 10.0 Å². The molecule has 0 saturated carbocycles. The van der Waals surface area contributed by atoms with Crippen molar-refractivity contribution in [1.82, 2.24) is 14.5 Å². The lowest BCUT2D eigenvalue weighted by molar-refractivity contribution is 0.383. The number of piperazine rings is 1. The summed E-state index contributed by atoms with van der Waals surface area (Å²) in [6, 6.07) is 15.8. The number of aromatic nitrogens is 2. The van der Waals surface area contributed by atoms with Crippen LogP contribution in [-0.4, -0.2) is 49.1 Å². The second kappa shape index (κ2) is 8.40. The maximum atomic E-state index is 13.1. The predicted molar refractivity (Wildman–Crippen MR) is 124 cm³/mol. The lowest BCUT2D eigenvalue weighted by atomic mass is 10.0. The van der Waals surface area contributed by atoms with E-state index in [4.69, 9.17) is 0 Å². The Hall–Kier alpha value is -2.77. The van der Waals surface area contributed by atoms with Crippen molar-refractivity contribution in [2.75, 3.05) is 31.1 Å². The second-order valence-electron chi connectivity index (χ2n) is 8.24. The maximum absolute atomic E-state index is 13.1. The van der Waals surface area contributed by atoms with Crippen molar-refractivity contribution in [1.29, 1.82) is 0 Å². The third-order valence-electron chi connectivity index (χ3n) is 5.98. The van der Waals surface area contributed by atoms with Crippen LogP contribution in [0.5, 0.6) is 0 Å². The van der Waals surface area contributed by atoms with Crippen LogP contribution in [0.1, 0.15) is 22.3 Å². The second-order valence-corrected chi connectivity index (χ2v) is 10.1. The van der Waals surface area contributed by atoms with Gasteiger partial charge in [-0.25, -0.2) is 8.42 Å². The van der Waals surface area contributed by atoms with Crippen LogP contribution in [0.3, 0.4) is 0 Å². The third kappa shape index (κ3) is 4.34. The molecule has 4 rings (SSSR count). The van der Waals surface area contributed by atoms with E-state index >= 15 is 0 Å². The summed E-state index contributed by atoms with van der Waals surface area (Å²) in [5.74, 6) is 0.774. The molecule has 0 spiro atoms. The van der Waals surface area contributed by atoms with Gasteiger partial charge in [-0.15, -0.1) is 10.2 Å². The van der Waals surface area contributed by atoms with Crippen LogP contribution in [0.25, 0.3) is 11.3 Å². The van der Waals surface area contributed by atoms with E-state index in [1.54, 1.807) is 10.4 Å². The van der Waals surface area contributed by atoms with E-state index in [-0.39, 0.29) is 0 Å². The molecule has 162 valence electrons. The van der Waals surface area contributed by atoms with Gasteiger partial charge in [-0.05, 0) is 74.2 Å². The molecule has 0 amide bonds. The van der Waals surface area contributed by atoms with Crippen LogP contribution in [0.2, 0.25) is 0 Å². The zero-order valence-electron chi connectivity index (χ0n) is 18.5. The van der Waals surface area contributed by atoms with Crippen LogP contribution >= 0.6 is 0 Å². The molecule has 1 aliphatic heterocycles. The van der Waals surface area contributed by atoms with Gasteiger partial charge in [0.15, 0.2) is 5.82 Å². The maximum Gasteiger partial charge on any atom is 0.243 e. The summed E-state index contributed by atoms with van der Waals surface area (Å²) in [7, 11) is -3.50. The molecule has 0 N–H and O–H groups in total. The zero-order chi connectivity index (χ0) is 22.2. The fourth-order valence-electron chi connectivity index (χ4n) is 3.83. The average molecular weight is 437 g/mol. The van der Waals surface area contributed by atoms with E-state index in [1.807, 2.05) is 38.1 Å². The molecule has 31 heavy (non-hydrogen) atoms. The highest BCUT2D eigenvalue weighted by Gasteiger charge is 2.30. The van der Waals surface area contributed by atoms with Gasteiger partial charge in [0, 0.05) is 31.7 Å². The van der Waals surface area contributed by atoms with E-state index in [2.05, 4.69) is 47.1 Å². The van der Waals surface area contributed by atoms with Crippen molar-refractivity contribution in [3.8, 4) is 11.3 Å². The van der Waals surface area contributed by atoms with E-state index in [0.717, 1.165) is 28.2 Å². The molecule has 1 aromatic heterocycles. The molecule has 0 atom stereocenters. The van der Waals surface area contributed by atoms with Gasteiger partial charge in [-0.1, -0.05) is 24.3 Å². The third-order valence-corrected chi connectivity index (χ3v) is 8.02. The van der Waals surface area contributed by atoms with Gasteiger partial charge < -0.3 is 4.90 Å². The van der Waals surface area contributed by atoms with Gasteiger partial charge in [0.1, 0.15) is 0 Å². The first-order chi connectivity index (χ1) is 14.8. The van der Waals surface area contributed by atoms with Gasteiger partial charge in [0.05, 0.1) is 10.6 Å². The number of sulfonamides is 1. The molecule has 0 bridgehead atoms. The number of aryl methyl sites for hydroxylation is 4. The number of hydrogen-bond acceptors (Lipinski definition) is 5.